The summed E-state index contributed by atoms with van der Waals surface area (Å²) in [5, 5.41) is 3.30. The van der Waals surface area contributed by atoms with Gasteiger partial charge < -0.3 is 10.1 Å². The van der Waals surface area contributed by atoms with Crippen LogP contribution in [0.15, 0.2) is 0 Å². The highest BCUT2D eigenvalue weighted by molar-refractivity contribution is 4.87. The van der Waals surface area contributed by atoms with E-state index in [4.69, 9.17) is 4.74 Å². The molecule has 2 heteroatoms. The molecule has 0 radical (unpaired) electrons. The van der Waals surface area contributed by atoms with Gasteiger partial charge in [0.05, 0.1) is 11.2 Å². The molecule has 1 N–H and O–H groups in total. The molecule has 0 aromatic heterocycles. The van der Waals surface area contributed by atoms with Gasteiger partial charge in [0.15, 0.2) is 0 Å². The van der Waals surface area contributed by atoms with E-state index in [-0.39, 0.29) is 11.2 Å². The van der Waals surface area contributed by atoms with E-state index >= 15 is 0 Å². The average molecular weight is 213 g/mol. The molecule has 1 saturated carbocycles. The van der Waals surface area contributed by atoms with Gasteiger partial charge in [-0.2, -0.15) is 0 Å². The van der Waals surface area contributed by atoms with Crippen molar-refractivity contribution in [2.45, 2.75) is 70.5 Å². The van der Waals surface area contributed by atoms with Crippen molar-refractivity contribution >= 4 is 0 Å². The lowest BCUT2D eigenvalue weighted by Gasteiger charge is -2.39. The first-order valence-corrected chi connectivity index (χ1v) is 6.32. The topological polar surface area (TPSA) is 21.3 Å². The average Bonchev–Trinajstić information content (AvgIpc) is 2.28. The highest BCUT2D eigenvalue weighted by atomic mass is 16.5. The lowest BCUT2D eigenvalue weighted by atomic mass is 9.92. The van der Waals surface area contributed by atoms with Crippen LogP contribution in [0.2, 0.25) is 0 Å². The van der Waals surface area contributed by atoms with Gasteiger partial charge in [-0.3, -0.25) is 0 Å². The lowest BCUT2D eigenvalue weighted by Crippen LogP contribution is -2.46. The summed E-state index contributed by atoms with van der Waals surface area (Å²) >= 11 is 0. The molecule has 0 bridgehead atoms. The molecule has 0 heterocycles. The number of likely N-dealkylation sites (N-methyl/N-ethyl adjacent to an activating group) is 1. The minimum absolute atomic E-state index is 0.0266. The third kappa shape index (κ3) is 4.52. The van der Waals surface area contributed by atoms with Crippen LogP contribution in [0.25, 0.3) is 0 Å². The van der Waals surface area contributed by atoms with E-state index in [9.17, 15) is 0 Å². The van der Waals surface area contributed by atoms with Gasteiger partial charge in [0, 0.05) is 6.54 Å². The fourth-order valence-corrected chi connectivity index (χ4v) is 2.66. The van der Waals surface area contributed by atoms with Crippen LogP contribution in [0.5, 0.6) is 0 Å². The molecule has 1 aliphatic carbocycles. The number of ether oxygens (including phenoxy) is 1. The maximum atomic E-state index is 6.32. The van der Waals surface area contributed by atoms with Crippen LogP contribution in [-0.4, -0.2) is 24.8 Å². The molecule has 1 rings (SSSR count). The minimum atomic E-state index is -0.0266. The highest BCUT2D eigenvalue weighted by Gasteiger charge is 2.34. The quantitative estimate of drug-likeness (QED) is 0.727. The van der Waals surface area contributed by atoms with Gasteiger partial charge >= 0.3 is 0 Å². The second kappa shape index (κ2) is 5.31. The van der Waals surface area contributed by atoms with Crippen LogP contribution < -0.4 is 5.32 Å². The molecular weight excluding hydrogens is 186 g/mol. The molecule has 0 aliphatic heterocycles. The minimum Gasteiger partial charge on any atom is -0.368 e. The second-order valence-electron chi connectivity index (χ2n) is 5.84. The van der Waals surface area contributed by atoms with Crippen molar-refractivity contribution in [3.8, 4) is 0 Å². The summed E-state index contributed by atoms with van der Waals surface area (Å²) in [7, 11) is 2.03. The summed E-state index contributed by atoms with van der Waals surface area (Å²) in [5.41, 5.74) is 0.0602. The Morgan fingerprint density at radius 2 is 1.60 bits per heavy atom. The van der Waals surface area contributed by atoms with Crippen molar-refractivity contribution in [2.24, 2.45) is 0 Å². The number of hydrogen-bond acceptors (Lipinski definition) is 2. The van der Waals surface area contributed by atoms with Crippen LogP contribution in [-0.2, 0) is 4.74 Å². The molecule has 0 saturated heterocycles. The Morgan fingerprint density at radius 1 is 1.07 bits per heavy atom. The second-order valence-corrected chi connectivity index (χ2v) is 5.84. The number of rotatable bonds is 3. The van der Waals surface area contributed by atoms with Gasteiger partial charge in [0.25, 0.3) is 0 Å². The molecule has 2 nitrogen and oxygen atoms in total. The summed E-state index contributed by atoms with van der Waals surface area (Å²) in [4.78, 5) is 0. The van der Waals surface area contributed by atoms with Gasteiger partial charge in [-0.15, -0.1) is 0 Å². The van der Waals surface area contributed by atoms with E-state index < -0.39 is 0 Å². The largest absolute Gasteiger partial charge is 0.368 e. The molecule has 0 aromatic rings. The van der Waals surface area contributed by atoms with Crippen molar-refractivity contribution in [1.82, 2.24) is 5.32 Å². The molecule has 1 aliphatic rings. The Labute approximate surface area is 94.8 Å². The Morgan fingerprint density at radius 3 is 2.00 bits per heavy atom. The van der Waals surface area contributed by atoms with E-state index in [1.54, 1.807) is 0 Å². The molecule has 90 valence electrons. The Bertz CT molecular complexity index is 175. The van der Waals surface area contributed by atoms with Crippen molar-refractivity contribution in [2.75, 3.05) is 13.6 Å². The zero-order chi connectivity index (χ0) is 11.4. The van der Waals surface area contributed by atoms with E-state index in [0.29, 0.717) is 0 Å². The molecule has 0 atom stereocenters. The summed E-state index contributed by atoms with van der Waals surface area (Å²) in [6, 6.07) is 0. The Hall–Kier alpha value is -0.0800. The summed E-state index contributed by atoms with van der Waals surface area (Å²) < 4.78 is 6.32. The predicted molar refractivity (Wildman–Crippen MR) is 65.2 cm³/mol. The maximum Gasteiger partial charge on any atom is 0.0813 e. The molecule has 0 unspecified atom stereocenters. The van der Waals surface area contributed by atoms with Gasteiger partial charge in [-0.25, -0.2) is 0 Å². The first kappa shape index (κ1) is 13.0. The van der Waals surface area contributed by atoms with Gasteiger partial charge in [-0.1, -0.05) is 25.7 Å². The Kier molecular flexibility index (Phi) is 4.60. The van der Waals surface area contributed by atoms with Gasteiger partial charge in [0.1, 0.15) is 0 Å². The first-order chi connectivity index (χ1) is 6.97. The van der Waals surface area contributed by atoms with E-state index in [1.807, 2.05) is 7.05 Å². The van der Waals surface area contributed by atoms with Crippen molar-refractivity contribution in [1.29, 1.82) is 0 Å². The molecule has 15 heavy (non-hydrogen) atoms. The third-order valence-electron chi connectivity index (χ3n) is 3.04. The monoisotopic (exact) mass is 213 g/mol. The molecule has 0 amide bonds. The third-order valence-corrected chi connectivity index (χ3v) is 3.04. The molecule has 0 aromatic carbocycles. The zero-order valence-corrected chi connectivity index (χ0v) is 10.9. The van der Waals surface area contributed by atoms with Crippen molar-refractivity contribution in [3.05, 3.63) is 0 Å². The van der Waals surface area contributed by atoms with Crippen molar-refractivity contribution < 1.29 is 4.74 Å². The van der Waals surface area contributed by atoms with Crippen LogP contribution in [0.1, 0.15) is 59.3 Å². The van der Waals surface area contributed by atoms with Crippen LogP contribution in [0.4, 0.5) is 0 Å². The van der Waals surface area contributed by atoms with Gasteiger partial charge in [-0.05, 0) is 40.7 Å². The lowest BCUT2D eigenvalue weighted by molar-refractivity contribution is -0.137. The number of hydrogen-bond donors (Lipinski definition) is 1. The summed E-state index contributed by atoms with van der Waals surface area (Å²) in [5.74, 6) is 0. The fraction of sp³-hybridized carbons (Fsp3) is 1.00. The SMILES string of the molecule is CNCC1(OC(C)(C)C)CCCCCC1. The predicted octanol–water partition coefficient (Wildman–Crippen LogP) is 3.11. The molecule has 1 fully saturated rings. The molecule has 0 spiro atoms. The summed E-state index contributed by atoms with van der Waals surface area (Å²) in [6.07, 6.45) is 7.81. The van der Waals surface area contributed by atoms with Crippen LogP contribution in [0.3, 0.4) is 0 Å². The zero-order valence-electron chi connectivity index (χ0n) is 10.9. The smallest absolute Gasteiger partial charge is 0.0813 e. The number of nitrogens with one attached hydrogen (secondary N) is 1. The van der Waals surface area contributed by atoms with Crippen LogP contribution in [0, 0.1) is 0 Å². The fourth-order valence-electron chi connectivity index (χ4n) is 2.66. The first-order valence-electron chi connectivity index (χ1n) is 6.32. The summed E-state index contributed by atoms with van der Waals surface area (Å²) in [6.45, 7) is 7.48. The van der Waals surface area contributed by atoms with Crippen LogP contribution >= 0.6 is 0 Å². The Balaban J connectivity index is 2.66. The van der Waals surface area contributed by atoms with E-state index in [1.165, 1.54) is 38.5 Å². The van der Waals surface area contributed by atoms with E-state index in [0.717, 1.165) is 6.54 Å². The maximum absolute atomic E-state index is 6.32. The molecular formula is C13H27NO. The normalized spacial score (nSPS) is 22.4. The van der Waals surface area contributed by atoms with Gasteiger partial charge in [0.2, 0.25) is 0 Å². The standard InChI is InChI=1S/C13H27NO/c1-12(2,3)15-13(11-14-4)9-7-5-6-8-10-13/h14H,5-11H2,1-4H3. The van der Waals surface area contributed by atoms with Crippen molar-refractivity contribution in [3.63, 3.8) is 0 Å². The highest BCUT2D eigenvalue weighted by Crippen LogP contribution is 2.33. The van der Waals surface area contributed by atoms with E-state index in [2.05, 4.69) is 26.1 Å².